The van der Waals surface area contributed by atoms with Crippen LogP contribution in [0.3, 0.4) is 0 Å². The van der Waals surface area contributed by atoms with Crippen molar-refractivity contribution in [2.75, 3.05) is 0 Å². The zero-order valence-electron chi connectivity index (χ0n) is 40.5. The summed E-state index contributed by atoms with van der Waals surface area (Å²) in [5.74, 6) is 3.12. The third-order valence-electron chi connectivity index (χ3n) is 17.6. The van der Waals surface area contributed by atoms with Crippen molar-refractivity contribution in [2.24, 2.45) is 0 Å². The first kappa shape index (κ1) is 39.5. The van der Waals surface area contributed by atoms with Gasteiger partial charge in [0.15, 0.2) is 11.2 Å². The summed E-state index contributed by atoms with van der Waals surface area (Å²) in [4.78, 5) is 0. The van der Waals surface area contributed by atoms with Gasteiger partial charge >= 0.3 is 0 Å². The van der Waals surface area contributed by atoms with Crippen molar-refractivity contribution in [3.63, 3.8) is 0 Å². The molecule has 0 atom stereocenters. The van der Waals surface area contributed by atoms with Crippen molar-refractivity contribution in [3.8, 4) is 34.0 Å². The lowest BCUT2D eigenvalue weighted by Gasteiger charge is -2.42. The normalized spacial score (nSPS) is 14.5. The van der Waals surface area contributed by atoms with Crippen LogP contribution in [-0.2, 0) is 10.8 Å². The minimum atomic E-state index is -0.976. The summed E-state index contributed by atoms with van der Waals surface area (Å²) in [5, 5.41) is 8.70. The third-order valence-corrected chi connectivity index (χ3v) is 17.6. The van der Waals surface area contributed by atoms with Crippen LogP contribution in [0.2, 0.25) is 0 Å². The summed E-state index contributed by atoms with van der Waals surface area (Å²) in [7, 11) is 0. The molecule has 0 unspecified atom stereocenters. The highest BCUT2D eigenvalue weighted by Crippen LogP contribution is 2.69. The predicted molar refractivity (Wildman–Crippen MR) is 302 cm³/mol. The van der Waals surface area contributed by atoms with Crippen molar-refractivity contribution >= 4 is 87.5 Å². The van der Waals surface area contributed by atoms with E-state index in [1.165, 1.54) is 22.3 Å². The molecule has 0 N–H and O–H groups in total. The molecule has 2 spiro atoms. The molecule has 0 saturated carbocycles. The summed E-state index contributed by atoms with van der Waals surface area (Å²) in [6.45, 7) is 0. The third kappa shape index (κ3) is 4.40. The quantitative estimate of drug-likeness (QED) is 0.173. The molecular weight excluding hydrogens is 933 g/mol. The minimum absolute atomic E-state index is 0.701. The molecule has 3 aliphatic carbocycles. The van der Waals surface area contributed by atoms with Gasteiger partial charge in [0.1, 0.15) is 44.5 Å². The van der Waals surface area contributed by atoms with Gasteiger partial charge in [-0.15, -0.1) is 0 Å². The van der Waals surface area contributed by atoms with E-state index in [9.17, 15) is 0 Å². The lowest BCUT2D eigenvalue weighted by molar-refractivity contribution is 0.394. The second-order valence-corrected chi connectivity index (χ2v) is 20.9. The molecule has 6 aromatic heterocycles. The second-order valence-electron chi connectivity index (χ2n) is 20.9. The highest BCUT2D eigenvalue weighted by atomic mass is 16.4. The van der Waals surface area contributed by atoms with Crippen LogP contribution in [0.4, 0.5) is 0 Å². The first-order chi connectivity index (χ1) is 37.7. The van der Waals surface area contributed by atoms with Crippen LogP contribution in [0.15, 0.2) is 248 Å². The number of furan rings is 4. The van der Waals surface area contributed by atoms with Gasteiger partial charge in [0.05, 0.1) is 11.0 Å². The van der Waals surface area contributed by atoms with Crippen molar-refractivity contribution < 1.29 is 17.7 Å². The van der Waals surface area contributed by atoms with Gasteiger partial charge in [-0.25, -0.2) is 0 Å². The minimum Gasteiger partial charge on any atom is -0.454 e. The number of para-hydroxylation sites is 4. The summed E-state index contributed by atoms with van der Waals surface area (Å²) in [5.41, 5.74) is 16.7. The molecule has 0 fully saturated rings. The molecule has 76 heavy (non-hydrogen) atoms. The highest BCUT2D eigenvalue weighted by Gasteiger charge is 2.64. The van der Waals surface area contributed by atoms with Gasteiger partial charge in [-0.05, 0) is 80.9 Å². The molecule has 16 aromatic rings. The van der Waals surface area contributed by atoms with Crippen LogP contribution in [0.5, 0.6) is 0 Å². The van der Waals surface area contributed by atoms with Gasteiger partial charge in [-0.1, -0.05) is 182 Å². The Bertz CT molecular complexity index is 4810. The van der Waals surface area contributed by atoms with Crippen molar-refractivity contribution in [3.05, 3.63) is 275 Å². The lowest BCUT2D eigenvalue weighted by Crippen LogP contribution is -2.42. The van der Waals surface area contributed by atoms with E-state index in [2.05, 4.69) is 228 Å². The Labute approximate surface area is 432 Å². The van der Waals surface area contributed by atoms with E-state index in [0.29, 0.717) is 11.8 Å². The summed E-state index contributed by atoms with van der Waals surface area (Å²) in [6, 6.07) is 83.3. The standard InChI is InChI=1S/C70H38N2O4/c1-9-25-51-39(17-1)40-18-2-10-26-52(40)69(51)55-37-61(71-57-29-13-5-21-43(57)47-33-35-49-45-23-7-15-31-59(45)73-65(49)63(47)71)76-68(55)70(53-27-11-3-19-41(53)42-20-4-12-28-54(42)70)56-38-62(75-67(56)69)72-58-30-14-6-22-44(58)48-34-36-50-46-24-8-16-32-60(46)74-66(50)64(48)72/h1-38H. The average molecular weight is 971 g/mol. The fourth-order valence-corrected chi connectivity index (χ4v) is 14.8. The molecule has 6 heterocycles. The Hall–Kier alpha value is -10.0. The number of rotatable bonds is 2. The Morgan fingerprint density at radius 3 is 1.00 bits per heavy atom. The Morgan fingerprint density at radius 2 is 0.592 bits per heavy atom. The molecular formula is C70H38N2O4. The van der Waals surface area contributed by atoms with E-state index in [-0.39, 0.29) is 0 Å². The topological polar surface area (TPSA) is 62.4 Å². The highest BCUT2D eigenvalue weighted by molar-refractivity contribution is 6.23. The average Bonchev–Trinajstić information content (AvgIpc) is 4.54. The van der Waals surface area contributed by atoms with E-state index in [1.54, 1.807) is 0 Å². The maximum absolute atomic E-state index is 8.10. The van der Waals surface area contributed by atoms with Gasteiger partial charge < -0.3 is 17.7 Å². The van der Waals surface area contributed by atoms with E-state index in [1.807, 2.05) is 12.1 Å². The fraction of sp³-hybridized carbons (Fsp3) is 0.0286. The molecule has 352 valence electrons. The number of aromatic nitrogens is 2. The lowest BCUT2D eigenvalue weighted by atomic mass is 9.57. The van der Waals surface area contributed by atoms with Gasteiger partial charge in [0, 0.05) is 66.3 Å². The largest absolute Gasteiger partial charge is 0.454 e. The van der Waals surface area contributed by atoms with Crippen molar-refractivity contribution in [2.45, 2.75) is 10.8 Å². The Balaban J connectivity index is 1.01. The van der Waals surface area contributed by atoms with Crippen LogP contribution in [0, 0.1) is 0 Å². The maximum atomic E-state index is 8.10. The number of fused-ring (bicyclic) bond motifs is 30. The molecule has 0 bridgehead atoms. The van der Waals surface area contributed by atoms with E-state index in [4.69, 9.17) is 17.7 Å². The molecule has 0 radical (unpaired) electrons. The van der Waals surface area contributed by atoms with Crippen molar-refractivity contribution in [1.29, 1.82) is 0 Å². The SMILES string of the molecule is c1ccc2c(c1)-c1ccccc1C21c2cc(-n3c4ccccc4c4ccc5c6ccccc6oc5c43)oc2C2(c3ccccc3-c3ccccc32)c2cc(-n3c4ccccc4c4ccc5c6ccccc6oc5c43)oc21. The second kappa shape index (κ2) is 13.6. The molecule has 3 aliphatic rings. The van der Waals surface area contributed by atoms with E-state index in [0.717, 1.165) is 132 Å². The molecule has 6 heteroatoms. The van der Waals surface area contributed by atoms with Crippen LogP contribution in [0.1, 0.15) is 44.9 Å². The predicted octanol–water partition coefficient (Wildman–Crippen LogP) is 17.9. The van der Waals surface area contributed by atoms with E-state index < -0.39 is 10.8 Å². The van der Waals surface area contributed by atoms with Crippen LogP contribution >= 0.6 is 0 Å². The van der Waals surface area contributed by atoms with Crippen LogP contribution < -0.4 is 0 Å². The Morgan fingerprint density at radius 1 is 0.263 bits per heavy atom. The fourth-order valence-electron chi connectivity index (χ4n) is 14.8. The molecule has 0 amide bonds. The first-order valence-corrected chi connectivity index (χ1v) is 26.1. The number of nitrogens with zero attached hydrogens (tertiary/aromatic N) is 2. The van der Waals surface area contributed by atoms with Gasteiger partial charge in [-0.3, -0.25) is 9.13 Å². The van der Waals surface area contributed by atoms with Gasteiger partial charge in [-0.2, -0.15) is 0 Å². The summed E-state index contributed by atoms with van der Waals surface area (Å²) in [6.07, 6.45) is 0. The summed E-state index contributed by atoms with van der Waals surface area (Å²) < 4.78 is 34.7. The smallest absolute Gasteiger partial charge is 0.205 e. The van der Waals surface area contributed by atoms with Gasteiger partial charge in [0.25, 0.3) is 0 Å². The number of hydrogen-bond donors (Lipinski definition) is 0. The zero-order valence-corrected chi connectivity index (χ0v) is 40.5. The molecule has 10 aromatic carbocycles. The monoisotopic (exact) mass is 970 g/mol. The first-order valence-electron chi connectivity index (χ1n) is 26.1. The molecule has 0 aliphatic heterocycles. The van der Waals surface area contributed by atoms with Crippen LogP contribution in [0.25, 0.3) is 122 Å². The molecule has 6 nitrogen and oxygen atoms in total. The maximum Gasteiger partial charge on any atom is 0.205 e. The number of benzene rings is 10. The number of hydrogen-bond acceptors (Lipinski definition) is 4. The molecule has 0 saturated heterocycles. The summed E-state index contributed by atoms with van der Waals surface area (Å²) >= 11 is 0. The van der Waals surface area contributed by atoms with Crippen LogP contribution in [-0.4, -0.2) is 9.13 Å². The van der Waals surface area contributed by atoms with E-state index >= 15 is 0 Å². The van der Waals surface area contributed by atoms with Gasteiger partial charge in [0.2, 0.25) is 11.8 Å². The molecule has 19 rings (SSSR count). The Kier molecular flexibility index (Phi) is 7.05. The van der Waals surface area contributed by atoms with Crippen molar-refractivity contribution in [1.82, 2.24) is 9.13 Å². The zero-order chi connectivity index (χ0) is 49.2.